The quantitative estimate of drug-likeness (QED) is 0.850. The number of carbonyl (C=O) groups is 1. The van der Waals surface area contributed by atoms with E-state index in [1.807, 2.05) is 13.0 Å². The third-order valence-corrected chi connectivity index (χ3v) is 3.88. The highest BCUT2D eigenvalue weighted by molar-refractivity contribution is 5.94. The number of aromatic nitrogens is 1. The van der Waals surface area contributed by atoms with Crippen LogP contribution < -0.4 is 10.9 Å². The van der Waals surface area contributed by atoms with Gasteiger partial charge in [-0.15, -0.1) is 0 Å². The van der Waals surface area contributed by atoms with Crippen molar-refractivity contribution in [1.29, 1.82) is 0 Å². The van der Waals surface area contributed by atoms with Crippen LogP contribution in [0.2, 0.25) is 0 Å². The molecule has 0 saturated heterocycles. The van der Waals surface area contributed by atoms with Crippen LogP contribution in [-0.2, 0) is 0 Å². The fourth-order valence-electron chi connectivity index (χ4n) is 2.30. The highest BCUT2D eigenvalue weighted by Crippen LogP contribution is 2.38. The lowest BCUT2D eigenvalue weighted by Crippen LogP contribution is -2.37. The molecule has 0 bridgehead atoms. The molecule has 4 nitrogen and oxygen atoms in total. The Kier molecular flexibility index (Phi) is 2.73. The summed E-state index contributed by atoms with van der Waals surface area (Å²) >= 11 is 0. The van der Waals surface area contributed by atoms with E-state index in [0.717, 1.165) is 18.5 Å². The van der Waals surface area contributed by atoms with E-state index in [0.29, 0.717) is 11.8 Å². The second kappa shape index (κ2) is 4.26. The van der Waals surface area contributed by atoms with Crippen molar-refractivity contribution in [3.8, 4) is 0 Å². The Morgan fingerprint density at radius 3 is 2.61 bits per heavy atom. The van der Waals surface area contributed by atoms with Gasteiger partial charge in [0.1, 0.15) is 5.56 Å². The maximum atomic E-state index is 12.0. The van der Waals surface area contributed by atoms with Crippen LogP contribution in [0.15, 0.2) is 16.9 Å². The number of hydrogen-bond acceptors (Lipinski definition) is 2. The summed E-state index contributed by atoms with van der Waals surface area (Å²) in [7, 11) is 0. The first-order chi connectivity index (χ1) is 8.65. The van der Waals surface area contributed by atoms with Gasteiger partial charge in [0, 0.05) is 11.7 Å². The molecule has 1 aromatic rings. The van der Waals surface area contributed by atoms with Crippen LogP contribution in [0.3, 0.4) is 0 Å². The molecule has 1 aromatic heterocycles. The monoisotopic (exact) mass is 246 g/mol. The SMILES string of the molecule is C[C@H](NC(=O)c1ccc(C2CC2)[nH]c1=O)C1CC1. The summed E-state index contributed by atoms with van der Waals surface area (Å²) in [6, 6.07) is 3.69. The molecule has 2 aliphatic carbocycles. The van der Waals surface area contributed by atoms with Crippen LogP contribution >= 0.6 is 0 Å². The van der Waals surface area contributed by atoms with Crippen molar-refractivity contribution in [3.05, 3.63) is 33.7 Å². The minimum atomic E-state index is -0.264. The summed E-state index contributed by atoms with van der Waals surface area (Å²) in [6.45, 7) is 2.00. The van der Waals surface area contributed by atoms with Crippen molar-refractivity contribution in [2.75, 3.05) is 0 Å². The summed E-state index contributed by atoms with van der Waals surface area (Å²) in [6.07, 6.45) is 4.64. The Bertz CT molecular complexity index is 527. The Morgan fingerprint density at radius 2 is 2.06 bits per heavy atom. The summed E-state index contributed by atoms with van der Waals surface area (Å²) < 4.78 is 0. The van der Waals surface area contributed by atoms with Gasteiger partial charge in [0.05, 0.1) is 0 Å². The van der Waals surface area contributed by atoms with Crippen LogP contribution in [0.25, 0.3) is 0 Å². The van der Waals surface area contributed by atoms with Gasteiger partial charge in [0.15, 0.2) is 0 Å². The molecule has 3 rings (SSSR count). The first-order valence-corrected chi connectivity index (χ1v) is 6.69. The number of rotatable bonds is 4. The number of pyridine rings is 1. The molecule has 2 N–H and O–H groups in total. The van der Waals surface area contributed by atoms with Crippen molar-refractivity contribution in [3.63, 3.8) is 0 Å². The maximum absolute atomic E-state index is 12.0. The average molecular weight is 246 g/mol. The van der Waals surface area contributed by atoms with Crippen LogP contribution in [0.5, 0.6) is 0 Å². The van der Waals surface area contributed by atoms with E-state index in [2.05, 4.69) is 10.3 Å². The Labute approximate surface area is 106 Å². The molecule has 1 amide bonds. The molecule has 0 aromatic carbocycles. The number of hydrogen-bond donors (Lipinski definition) is 2. The van der Waals surface area contributed by atoms with Crippen LogP contribution in [-0.4, -0.2) is 16.9 Å². The second-order valence-electron chi connectivity index (χ2n) is 5.53. The van der Waals surface area contributed by atoms with Crippen LogP contribution in [0.1, 0.15) is 54.6 Å². The van der Waals surface area contributed by atoms with E-state index in [1.54, 1.807) is 6.07 Å². The molecular weight excluding hydrogens is 228 g/mol. The summed E-state index contributed by atoms with van der Waals surface area (Å²) in [5, 5.41) is 2.90. The predicted octanol–water partition coefficient (Wildman–Crippen LogP) is 1.78. The molecule has 4 heteroatoms. The van der Waals surface area contributed by atoms with Crippen molar-refractivity contribution < 1.29 is 4.79 Å². The molecule has 0 radical (unpaired) electrons. The lowest BCUT2D eigenvalue weighted by molar-refractivity contribution is 0.0934. The van der Waals surface area contributed by atoms with Crippen molar-refractivity contribution >= 4 is 5.91 Å². The van der Waals surface area contributed by atoms with Gasteiger partial charge in [0.2, 0.25) is 0 Å². The maximum Gasteiger partial charge on any atom is 0.261 e. The molecule has 1 heterocycles. The first kappa shape index (κ1) is 11.5. The van der Waals surface area contributed by atoms with Gasteiger partial charge in [-0.25, -0.2) is 0 Å². The van der Waals surface area contributed by atoms with E-state index in [4.69, 9.17) is 0 Å². The Balaban J connectivity index is 1.74. The number of nitrogens with one attached hydrogen (secondary N) is 2. The lowest BCUT2D eigenvalue weighted by atomic mass is 10.1. The van der Waals surface area contributed by atoms with Gasteiger partial charge in [-0.3, -0.25) is 9.59 Å². The van der Waals surface area contributed by atoms with E-state index in [1.165, 1.54) is 12.8 Å². The molecule has 1 atom stereocenters. The number of amides is 1. The van der Waals surface area contributed by atoms with Gasteiger partial charge in [-0.1, -0.05) is 0 Å². The summed E-state index contributed by atoms with van der Waals surface area (Å²) in [5.74, 6) is 0.844. The van der Waals surface area contributed by atoms with Gasteiger partial charge < -0.3 is 10.3 Å². The molecule has 96 valence electrons. The minimum absolute atomic E-state index is 0.167. The number of H-pyrrole nitrogens is 1. The summed E-state index contributed by atoms with van der Waals surface area (Å²) in [4.78, 5) is 26.7. The highest BCUT2D eigenvalue weighted by atomic mass is 16.2. The van der Waals surface area contributed by atoms with E-state index >= 15 is 0 Å². The third-order valence-electron chi connectivity index (χ3n) is 3.88. The fourth-order valence-corrected chi connectivity index (χ4v) is 2.30. The zero-order chi connectivity index (χ0) is 12.7. The molecular formula is C14H18N2O2. The Morgan fingerprint density at radius 1 is 1.33 bits per heavy atom. The molecule has 0 aliphatic heterocycles. The Hall–Kier alpha value is -1.58. The second-order valence-corrected chi connectivity index (χ2v) is 5.53. The molecule has 0 spiro atoms. The fraction of sp³-hybridized carbons (Fsp3) is 0.571. The molecule has 2 aliphatic rings. The topological polar surface area (TPSA) is 62.0 Å². The van der Waals surface area contributed by atoms with Gasteiger partial charge in [0.25, 0.3) is 11.5 Å². The van der Waals surface area contributed by atoms with Crippen molar-refractivity contribution in [2.45, 2.75) is 44.6 Å². The smallest absolute Gasteiger partial charge is 0.261 e. The van der Waals surface area contributed by atoms with Crippen LogP contribution in [0, 0.1) is 5.92 Å². The number of carbonyl (C=O) groups excluding carboxylic acids is 1. The van der Waals surface area contributed by atoms with E-state index in [-0.39, 0.29) is 23.1 Å². The highest BCUT2D eigenvalue weighted by Gasteiger charge is 2.30. The predicted molar refractivity (Wildman–Crippen MR) is 68.7 cm³/mol. The third kappa shape index (κ3) is 2.33. The molecule has 18 heavy (non-hydrogen) atoms. The average Bonchev–Trinajstić information content (AvgIpc) is 3.17. The molecule has 0 unspecified atom stereocenters. The van der Waals surface area contributed by atoms with Crippen LogP contribution in [0.4, 0.5) is 0 Å². The van der Waals surface area contributed by atoms with Crippen molar-refractivity contribution in [1.82, 2.24) is 10.3 Å². The normalized spacial score (nSPS) is 20.5. The number of aromatic amines is 1. The first-order valence-electron chi connectivity index (χ1n) is 6.69. The molecule has 2 saturated carbocycles. The standard InChI is InChI=1S/C14H18N2O2/c1-8(9-2-3-9)15-13(17)11-6-7-12(10-4-5-10)16-14(11)18/h6-10H,2-5H2,1H3,(H,15,17)(H,16,18)/t8-/m0/s1. The lowest BCUT2D eigenvalue weighted by Gasteiger charge is -2.12. The minimum Gasteiger partial charge on any atom is -0.349 e. The van der Waals surface area contributed by atoms with E-state index < -0.39 is 0 Å². The molecule has 2 fully saturated rings. The largest absolute Gasteiger partial charge is 0.349 e. The zero-order valence-corrected chi connectivity index (χ0v) is 10.5. The van der Waals surface area contributed by atoms with Gasteiger partial charge in [-0.05, 0) is 56.6 Å². The van der Waals surface area contributed by atoms with E-state index in [9.17, 15) is 9.59 Å². The summed E-state index contributed by atoms with van der Waals surface area (Å²) in [5.41, 5.74) is 0.929. The van der Waals surface area contributed by atoms with Crippen molar-refractivity contribution in [2.24, 2.45) is 5.92 Å². The zero-order valence-electron chi connectivity index (χ0n) is 10.5. The van der Waals surface area contributed by atoms with Gasteiger partial charge >= 0.3 is 0 Å². The van der Waals surface area contributed by atoms with Gasteiger partial charge in [-0.2, -0.15) is 0 Å².